The fourth-order valence-electron chi connectivity index (χ4n) is 2.43. The van der Waals surface area contributed by atoms with Gasteiger partial charge in [-0.25, -0.2) is 0 Å². The quantitative estimate of drug-likeness (QED) is 0.789. The van der Waals surface area contributed by atoms with E-state index in [0.717, 1.165) is 6.42 Å². The normalized spacial score (nSPS) is 20.0. The van der Waals surface area contributed by atoms with Crippen LogP contribution < -0.4 is 5.32 Å². The van der Waals surface area contributed by atoms with Gasteiger partial charge in [-0.15, -0.1) is 0 Å². The van der Waals surface area contributed by atoms with Crippen molar-refractivity contribution >= 4 is 0 Å². The van der Waals surface area contributed by atoms with Crippen molar-refractivity contribution < 1.29 is 5.11 Å². The van der Waals surface area contributed by atoms with Gasteiger partial charge < -0.3 is 10.4 Å². The third kappa shape index (κ3) is 2.21. The van der Waals surface area contributed by atoms with Crippen molar-refractivity contribution in [1.29, 1.82) is 0 Å². The van der Waals surface area contributed by atoms with Crippen molar-refractivity contribution in [3.05, 3.63) is 34.9 Å². The van der Waals surface area contributed by atoms with Gasteiger partial charge in [-0.1, -0.05) is 18.2 Å². The van der Waals surface area contributed by atoms with Crippen LogP contribution in [0.15, 0.2) is 18.2 Å². The number of hydrogen-bond acceptors (Lipinski definition) is 2. The zero-order valence-corrected chi connectivity index (χ0v) is 9.29. The van der Waals surface area contributed by atoms with Crippen LogP contribution in [0.25, 0.3) is 0 Å². The Morgan fingerprint density at radius 2 is 2.33 bits per heavy atom. The molecule has 0 saturated heterocycles. The van der Waals surface area contributed by atoms with Gasteiger partial charge in [0.25, 0.3) is 0 Å². The molecule has 1 aliphatic carbocycles. The predicted octanol–water partition coefficient (Wildman–Crippen LogP) is 1.82. The van der Waals surface area contributed by atoms with E-state index in [9.17, 15) is 0 Å². The van der Waals surface area contributed by atoms with Crippen molar-refractivity contribution in [2.75, 3.05) is 13.7 Å². The van der Waals surface area contributed by atoms with Gasteiger partial charge in [0.05, 0.1) is 0 Å². The van der Waals surface area contributed by atoms with Crippen molar-refractivity contribution in [3.63, 3.8) is 0 Å². The van der Waals surface area contributed by atoms with Crippen molar-refractivity contribution in [1.82, 2.24) is 5.32 Å². The van der Waals surface area contributed by atoms with Gasteiger partial charge >= 0.3 is 0 Å². The molecule has 1 aromatic carbocycles. The Morgan fingerprint density at radius 1 is 1.47 bits per heavy atom. The Kier molecular flexibility index (Phi) is 3.39. The lowest BCUT2D eigenvalue weighted by atomic mass is 9.86. The summed E-state index contributed by atoms with van der Waals surface area (Å²) in [5.41, 5.74) is 4.16. The Balaban J connectivity index is 2.30. The number of fused-ring (bicyclic) bond motifs is 1. The van der Waals surface area contributed by atoms with E-state index in [4.69, 9.17) is 5.11 Å². The summed E-state index contributed by atoms with van der Waals surface area (Å²) in [5.74, 6) is 0. The molecule has 0 aliphatic heterocycles. The van der Waals surface area contributed by atoms with Crippen LogP contribution in [0.2, 0.25) is 0 Å². The van der Waals surface area contributed by atoms with Crippen molar-refractivity contribution in [3.8, 4) is 0 Å². The maximum Gasteiger partial charge on any atom is 0.0471 e. The number of hydrogen-bond donors (Lipinski definition) is 2. The van der Waals surface area contributed by atoms with E-state index in [1.165, 1.54) is 36.0 Å². The van der Waals surface area contributed by atoms with Gasteiger partial charge in [-0.3, -0.25) is 0 Å². The lowest BCUT2D eigenvalue weighted by Crippen LogP contribution is -2.21. The van der Waals surface area contributed by atoms with E-state index in [1.54, 1.807) is 0 Å². The van der Waals surface area contributed by atoms with Gasteiger partial charge in [0.2, 0.25) is 0 Å². The zero-order valence-electron chi connectivity index (χ0n) is 9.29. The molecule has 82 valence electrons. The highest BCUT2D eigenvalue weighted by Crippen LogP contribution is 2.30. The first kappa shape index (κ1) is 10.7. The second-order valence-corrected chi connectivity index (χ2v) is 4.24. The zero-order chi connectivity index (χ0) is 10.7. The van der Waals surface area contributed by atoms with Crippen molar-refractivity contribution in [2.45, 2.75) is 31.7 Å². The topological polar surface area (TPSA) is 32.3 Å². The first-order chi connectivity index (χ1) is 7.35. The Hall–Kier alpha value is -0.860. The third-order valence-corrected chi connectivity index (χ3v) is 3.27. The van der Waals surface area contributed by atoms with Crippen LogP contribution in [-0.2, 0) is 12.8 Å². The molecule has 0 radical (unpaired) electrons. The highest BCUT2D eigenvalue weighted by atomic mass is 16.2. The molecular formula is C13H19NO. The lowest BCUT2D eigenvalue weighted by molar-refractivity contribution is 0.299. The molecule has 0 heterocycles. The highest BCUT2D eigenvalue weighted by Gasteiger charge is 2.18. The number of benzene rings is 1. The summed E-state index contributed by atoms with van der Waals surface area (Å²) in [6.45, 7) is 0.239. The molecule has 2 rings (SSSR count). The predicted molar refractivity (Wildman–Crippen MR) is 62.0 cm³/mol. The maximum atomic E-state index is 8.93. The third-order valence-electron chi connectivity index (χ3n) is 3.27. The van der Waals surface area contributed by atoms with Crippen molar-refractivity contribution in [2.24, 2.45) is 0 Å². The standard InChI is InChI=1S/C13H19NO/c1-14-13-4-2-3-11-6-5-10(7-8-15)9-12(11)13/h5-6,9,13-15H,2-4,7-8H2,1H3. The minimum Gasteiger partial charge on any atom is -0.396 e. The van der Waals surface area contributed by atoms with E-state index in [2.05, 4.69) is 23.5 Å². The molecule has 0 saturated carbocycles. The second-order valence-electron chi connectivity index (χ2n) is 4.24. The molecule has 15 heavy (non-hydrogen) atoms. The molecule has 0 aromatic heterocycles. The molecule has 2 nitrogen and oxygen atoms in total. The van der Waals surface area contributed by atoms with Gasteiger partial charge in [0.1, 0.15) is 0 Å². The van der Waals surface area contributed by atoms with Gasteiger partial charge in [-0.05, 0) is 49.4 Å². The van der Waals surface area contributed by atoms with Gasteiger partial charge in [-0.2, -0.15) is 0 Å². The first-order valence-electron chi connectivity index (χ1n) is 5.75. The second kappa shape index (κ2) is 4.77. The molecule has 1 aliphatic rings. The fraction of sp³-hybridized carbons (Fsp3) is 0.538. The molecule has 1 aromatic rings. The van der Waals surface area contributed by atoms with E-state index < -0.39 is 0 Å². The molecule has 0 spiro atoms. The Morgan fingerprint density at radius 3 is 3.07 bits per heavy atom. The average molecular weight is 205 g/mol. The van der Waals surface area contributed by atoms with Crippen LogP contribution in [0.1, 0.15) is 35.6 Å². The average Bonchev–Trinajstić information content (AvgIpc) is 2.28. The van der Waals surface area contributed by atoms with Crippen LogP contribution >= 0.6 is 0 Å². The summed E-state index contributed by atoms with van der Waals surface area (Å²) in [5, 5.41) is 12.3. The number of aliphatic hydroxyl groups is 1. The smallest absolute Gasteiger partial charge is 0.0471 e. The number of rotatable bonds is 3. The SMILES string of the molecule is CNC1CCCc2ccc(CCO)cc21. The summed E-state index contributed by atoms with van der Waals surface area (Å²) in [6.07, 6.45) is 4.47. The van der Waals surface area contributed by atoms with E-state index in [1.807, 2.05) is 7.05 Å². The Labute approximate surface area is 91.3 Å². The highest BCUT2D eigenvalue weighted by molar-refractivity contribution is 5.36. The van der Waals surface area contributed by atoms with Gasteiger partial charge in [0.15, 0.2) is 0 Å². The van der Waals surface area contributed by atoms with Crippen LogP contribution in [0.3, 0.4) is 0 Å². The number of nitrogens with one attached hydrogen (secondary N) is 1. The molecule has 0 fully saturated rings. The molecule has 1 unspecified atom stereocenters. The summed E-state index contributed by atoms with van der Waals surface area (Å²) in [6, 6.07) is 7.13. The summed E-state index contributed by atoms with van der Waals surface area (Å²) in [7, 11) is 2.03. The van der Waals surface area contributed by atoms with E-state index >= 15 is 0 Å². The maximum absolute atomic E-state index is 8.93. The van der Waals surface area contributed by atoms with Gasteiger partial charge in [0, 0.05) is 12.6 Å². The minimum absolute atomic E-state index is 0.239. The number of aliphatic hydroxyl groups excluding tert-OH is 1. The summed E-state index contributed by atoms with van der Waals surface area (Å²) < 4.78 is 0. The van der Waals surface area contributed by atoms with Crippen LogP contribution in [-0.4, -0.2) is 18.8 Å². The minimum atomic E-state index is 0.239. The largest absolute Gasteiger partial charge is 0.396 e. The first-order valence-corrected chi connectivity index (χ1v) is 5.75. The molecule has 1 atom stereocenters. The summed E-state index contributed by atoms with van der Waals surface area (Å²) >= 11 is 0. The lowest BCUT2D eigenvalue weighted by Gasteiger charge is -2.25. The van der Waals surface area contributed by atoms with Crippen LogP contribution in [0.4, 0.5) is 0 Å². The van der Waals surface area contributed by atoms with E-state index in [-0.39, 0.29) is 6.61 Å². The molecule has 2 N–H and O–H groups in total. The Bertz CT molecular complexity index is 335. The fourth-order valence-corrected chi connectivity index (χ4v) is 2.43. The molecular weight excluding hydrogens is 186 g/mol. The summed E-state index contributed by atoms with van der Waals surface area (Å²) in [4.78, 5) is 0. The molecule has 2 heteroatoms. The monoisotopic (exact) mass is 205 g/mol. The molecule has 0 bridgehead atoms. The van der Waals surface area contributed by atoms with Crippen LogP contribution in [0.5, 0.6) is 0 Å². The molecule has 0 amide bonds. The number of aryl methyl sites for hydroxylation is 1. The van der Waals surface area contributed by atoms with Crippen LogP contribution in [0, 0.1) is 0 Å². The van der Waals surface area contributed by atoms with E-state index in [0.29, 0.717) is 6.04 Å².